The summed E-state index contributed by atoms with van der Waals surface area (Å²) in [5.74, 6) is -0.114. The minimum absolute atomic E-state index is 0.00392. The molecule has 2 fully saturated rings. The van der Waals surface area contributed by atoms with Gasteiger partial charge in [0, 0.05) is 47.2 Å². The van der Waals surface area contributed by atoms with Crippen LogP contribution in [-0.2, 0) is 20.3 Å². The molecule has 0 spiro atoms. The molecule has 3 unspecified atom stereocenters. The molecule has 0 radical (unpaired) electrons. The van der Waals surface area contributed by atoms with Gasteiger partial charge in [0.1, 0.15) is 6.17 Å². The van der Waals surface area contributed by atoms with Gasteiger partial charge in [0.25, 0.3) is 0 Å². The monoisotopic (exact) mass is 479 g/mol. The average molecular weight is 480 g/mol. The Bertz CT molecular complexity index is 1050. The van der Waals surface area contributed by atoms with Crippen LogP contribution in [0.3, 0.4) is 0 Å². The SMILES string of the molecule is CC(C)(C)c1nc(C2CCC(F)CC2C(=O)O)c(-c2ccc(N3CC[SH](=N)(O)CC3)cc2)o1. The van der Waals surface area contributed by atoms with E-state index in [4.69, 9.17) is 14.2 Å². The molecular weight excluding hydrogens is 445 g/mol. The first-order valence-corrected chi connectivity index (χ1v) is 13.6. The second kappa shape index (κ2) is 8.83. The van der Waals surface area contributed by atoms with E-state index >= 15 is 0 Å². The van der Waals surface area contributed by atoms with E-state index in [-0.39, 0.29) is 11.8 Å². The molecule has 1 aliphatic carbocycles. The number of carboxylic acid groups (broad SMARTS) is 1. The van der Waals surface area contributed by atoms with Gasteiger partial charge in [-0.05, 0) is 43.5 Å². The van der Waals surface area contributed by atoms with Gasteiger partial charge in [-0.2, -0.15) is 0 Å². The van der Waals surface area contributed by atoms with Gasteiger partial charge in [-0.15, -0.1) is 10.1 Å². The van der Waals surface area contributed by atoms with E-state index in [0.717, 1.165) is 11.3 Å². The molecule has 4 rings (SSSR count). The van der Waals surface area contributed by atoms with Crippen LogP contribution in [0.15, 0.2) is 28.7 Å². The summed E-state index contributed by atoms with van der Waals surface area (Å²) in [6.45, 7) is 7.29. The molecule has 0 amide bonds. The number of anilines is 1. The molecule has 33 heavy (non-hydrogen) atoms. The van der Waals surface area contributed by atoms with Crippen molar-refractivity contribution in [2.45, 2.75) is 57.5 Å². The number of hydrogen-bond acceptors (Lipinski definition) is 5. The molecule has 182 valence electrons. The Labute approximate surface area is 195 Å². The van der Waals surface area contributed by atoms with E-state index in [0.29, 0.717) is 54.8 Å². The molecule has 1 saturated carbocycles. The van der Waals surface area contributed by atoms with Crippen molar-refractivity contribution < 1.29 is 23.3 Å². The number of nitrogens with zero attached hydrogens (tertiary/aromatic N) is 2. The second-order valence-electron chi connectivity index (χ2n) is 10.3. The minimum Gasteiger partial charge on any atom is -0.481 e. The first-order valence-electron chi connectivity index (χ1n) is 11.5. The number of rotatable bonds is 4. The fourth-order valence-corrected chi connectivity index (χ4v) is 6.08. The molecule has 9 heteroatoms. The molecule has 3 atom stereocenters. The molecular formula is C24H34FN3O4S. The number of aromatic nitrogens is 1. The van der Waals surface area contributed by atoms with E-state index in [2.05, 4.69) is 4.90 Å². The van der Waals surface area contributed by atoms with Crippen LogP contribution in [0.4, 0.5) is 10.1 Å². The zero-order chi connectivity index (χ0) is 24.0. The normalized spacial score (nSPS) is 26.7. The van der Waals surface area contributed by atoms with Crippen LogP contribution in [-0.4, -0.2) is 51.4 Å². The molecule has 3 N–H and O–H groups in total. The van der Waals surface area contributed by atoms with Crippen molar-refractivity contribution in [1.82, 2.24) is 4.98 Å². The van der Waals surface area contributed by atoms with Crippen molar-refractivity contribution in [3.05, 3.63) is 35.9 Å². The van der Waals surface area contributed by atoms with Crippen molar-refractivity contribution in [2.75, 3.05) is 29.5 Å². The summed E-state index contributed by atoms with van der Waals surface area (Å²) in [4.78, 5) is 18.9. The lowest BCUT2D eigenvalue weighted by atomic mass is 9.76. The van der Waals surface area contributed by atoms with Gasteiger partial charge in [0.2, 0.25) is 5.89 Å². The van der Waals surface area contributed by atoms with Gasteiger partial charge in [-0.1, -0.05) is 20.8 Å². The summed E-state index contributed by atoms with van der Waals surface area (Å²) in [6, 6.07) is 7.86. The fraction of sp³-hybridized carbons (Fsp3) is 0.583. The molecule has 1 aromatic heterocycles. The number of halogens is 1. The van der Waals surface area contributed by atoms with Crippen molar-refractivity contribution >= 4 is 21.8 Å². The average Bonchev–Trinajstić information content (AvgIpc) is 3.20. The topological polar surface area (TPSA) is 111 Å². The van der Waals surface area contributed by atoms with Gasteiger partial charge in [0.05, 0.1) is 11.6 Å². The van der Waals surface area contributed by atoms with Crippen molar-refractivity contribution in [3.8, 4) is 11.3 Å². The smallest absolute Gasteiger partial charge is 0.307 e. The van der Waals surface area contributed by atoms with Crippen LogP contribution >= 0.6 is 0 Å². The number of benzene rings is 1. The lowest BCUT2D eigenvalue weighted by Gasteiger charge is -2.36. The lowest BCUT2D eigenvalue weighted by Crippen LogP contribution is -2.42. The summed E-state index contributed by atoms with van der Waals surface area (Å²) in [5.41, 5.74) is 2.07. The Morgan fingerprint density at radius 3 is 2.42 bits per heavy atom. The van der Waals surface area contributed by atoms with Gasteiger partial charge in [0.15, 0.2) is 5.76 Å². The zero-order valence-electron chi connectivity index (χ0n) is 19.4. The summed E-state index contributed by atoms with van der Waals surface area (Å²) < 4.78 is 38.2. The Kier molecular flexibility index (Phi) is 6.39. The third-order valence-corrected chi connectivity index (χ3v) is 8.60. The van der Waals surface area contributed by atoms with Crippen molar-refractivity contribution in [3.63, 3.8) is 0 Å². The van der Waals surface area contributed by atoms with E-state index < -0.39 is 34.1 Å². The Hall–Kier alpha value is -2.26. The maximum atomic E-state index is 14.0. The summed E-state index contributed by atoms with van der Waals surface area (Å²) in [5, 5.41) is 9.77. The largest absolute Gasteiger partial charge is 0.481 e. The number of oxazole rings is 1. The summed E-state index contributed by atoms with van der Waals surface area (Å²) in [6.07, 6.45) is -0.361. The number of carboxylic acids is 1. The van der Waals surface area contributed by atoms with Crippen LogP contribution < -0.4 is 4.90 Å². The number of carbonyl (C=O) groups is 1. The Morgan fingerprint density at radius 2 is 1.85 bits per heavy atom. The molecule has 2 aromatic rings. The van der Waals surface area contributed by atoms with Gasteiger partial charge in [-0.25, -0.2) is 9.37 Å². The van der Waals surface area contributed by atoms with Crippen LogP contribution in [0.25, 0.3) is 11.3 Å². The van der Waals surface area contributed by atoms with E-state index in [1.54, 1.807) is 0 Å². The maximum absolute atomic E-state index is 14.0. The third kappa shape index (κ3) is 5.14. The van der Waals surface area contributed by atoms with Crippen LogP contribution in [0, 0.1) is 10.7 Å². The zero-order valence-corrected chi connectivity index (χ0v) is 20.3. The highest BCUT2D eigenvalue weighted by atomic mass is 32.3. The Balaban J connectivity index is 1.68. The number of thiol groups is 1. The van der Waals surface area contributed by atoms with Crippen LogP contribution in [0.1, 0.15) is 57.5 Å². The quantitative estimate of drug-likeness (QED) is 0.465. The van der Waals surface area contributed by atoms with Crippen molar-refractivity contribution in [2.24, 2.45) is 5.92 Å². The fourth-order valence-electron chi connectivity index (χ4n) is 4.71. The highest BCUT2D eigenvalue weighted by Gasteiger charge is 2.40. The van der Waals surface area contributed by atoms with Gasteiger partial charge in [-0.3, -0.25) is 9.57 Å². The van der Waals surface area contributed by atoms with Gasteiger partial charge >= 0.3 is 5.97 Å². The predicted octanol–water partition coefficient (Wildman–Crippen LogP) is 4.89. The first-order chi connectivity index (χ1) is 15.4. The first kappa shape index (κ1) is 23.9. The van der Waals surface area contributed by atoms with E-state index in [1.807, 2.05) is 45.0 Å². The van der Waals surface area contributed by atoms with E-state index in [1.165, 1.54) is 0 Å². The number of hydrogen-bond donors (Lipinski definition) is 4. The van der Waals surface area contributed by atoms with Crippen LogP contribution in [0.2, 0.25) is 0 Å². The molecule has 1 aliphatic heterocycles. The summed E-state index contributed by atoms with van der Waals surface area (Å²) in [7, 11) is -2.50. The third-order valence-electron chi connectivity index (χ3n) is 6.72. The number of alkyl halides is 1. The van der Waals surface area contributed by atoms with E-state index in [9.17, 15) is 18.8 Å². The Morgan fingerprint density at radius 1 is 1.21 bits per heavy atom. The molecule has 1 saturated heterocycles. The molecule has 1 aromatic carbocycles. The molecule has 2 aliphatic rings. The highest BCUT2D eigenvalue weighted by Crippen LogP contribution is 2.44. The summed E-state index contributed by atoms with van der Waals surface area (Å²) >= 11 is 0. The van der Waals surface area contributed by atoms with Crippen LogP contribution in [0.5, 0.6) is 0 Å². The highest BCUT2D eigenvalue weighted by molar-refractivity contribution is 7.98. The number of aliphatic carboxylic acids is 1. The molecule has 2 heterocycles. The van der Waals surface area contributed by atoms with Gasteiger partial charge < -0.3 is 19.0 Å². The molecule has 0 bridgehead atoms. The number of nitrogens with one attached hydrogen (secondary N) is 1. The predicted molar refractivity (Wildman–Crippen MR) is 129 cm³/mol. The minimum atomic E-state index is -2.50. The molecule has 7 nitrogen and oxygen atoms in total. The maximum Gasteiger partial charge on any atom is 0.307 e. The standard InChI is InChI=1S/C24H34FN3O4S/c1-24(2,3)23-27-20(18-9-6-16(25)14-19(18)22(29)30)21(32-23)15-4-7-17(8-5-15)28-10-12-33(26,31)13-11-28/h4-5,7-8,16,18-19,33H,6,9-14H2,1-3H3,(H2,26,31)(H,29,30). The lowest BCUT2D eigenvalue weighted by molar-refractivity contribution is -0.144. The van der Waals surface area contributed by atoms with Crippen molar-refractivity contribution in [1.29, 1.82) is 4.78 Å². The second-order valence-corrected chi connectivity index (χ2v) is 13.1.